The van der Waals surface area contributed by atoms with E-state index in [4.69, 9.17) is 9.05 Å². The first-order valence-electron chi connectivity index (χ1n) is 9.56. The molecule has 0 aliphatic heterocycles. The molecule has 1 aromatic rings. The summed E-state index contributed by atoms with van der Waals surface area (Å²) in [6.45, 7) is 27.3. The van der Waals surface area contributed by atoms with Gasteiger partial charge in [-0.15, -0.1) is 12.1 Å². The molecule has 0 N–H and O–H groups in total. The molecule has 0 aliphatic rings. The molecule has 1 aromatic carbocycles. The minimum atomic E-state index is -1.11. The molecule has 0 aliphatic carbocycles. The first-order chi connectivity index (χ1) is 11.4. The molecule has 5 heteroatoms. The summed E-state index contributed by atoms with van der Waals surface area (Å²) in [5, 5.41) is 0.553. The molecule has 158 valence electrons. The predicted octanol–water partition coefficient (Wildman–Crippen LogP) is 7.69. The average molecular weight is 592 g/mol. The molecule has 1 rings (SSSR count). The van der Waals surface area contributed by atoms with E-state index in [-0.39, 0.29) is 40.7 Å². The average Bonchev–Trinajstić information content (AvgIpc) is 2.37. The van der Waals surface area contributed by atoms with E-state index in [0.29, 0.717) is 0 Å². The Labute approximate surface area is 184 Å². The first kappa shape index (κ1) is 27.3. The molecule has 0 amide bonds. The molecule has 0 saturated carbocycles. The Kier molecular flexibility index (Phi) is 9.54. The smallest absolute Gasteiger partial charge is 0.378 e. The maximum absolute atomic E-state index is 6.51. The molecule has 0 radical (unpaired) electrons. The largest absolute Gasteiger partial charge is 1.00 e. The summed E-state index contributed by atoms with van der Waals surface area (Å²) in [5.74, 6) is 1.62. The zero-order valence-electron chi connectivity index (χ0n) is 19.4. The molecular weight excluding hydrogens is 550 g/mol. The van der Waals surface area contributed by atoms with Gasteiger partial charge in [0.15, 0.2) is 16.3 Å². The van der Waals surface area contributed by atoms with E-state index in [9.17, 15) is 0 Å². The Balaban J connectivity index is 0.00000676. The van der Waals surface area contributed by atoms with Crippen LogP contribution in [0.5, 0.6) is 11.5 Å². The summed E-state index contributed by atoms with van der Waals surface area (Å²) in [6.07, 6.45) is 0. The Morgan fingerprint density at radius 2 is 0.852 bits per heavy atom. The molecule has 27 heavy (non-hydrogen) atoms. The van der Waals surface area contributed by atoms with Gasteiger partial charge in [-0.2, -0.15) is 6.07 Å². The Hall–Kier alpha value is 0.329. The van der Waals surface area contributed by atoms with E-state index < -0.39 is 16.3 Å². The first-order valence-corrected chi connectivity index (χ1v) is 12.4. The van der Waals surface area contributed by atoms with Crippen molar-refractivity contribution in [3.63, 3.8) is 0 Å². The fraction of sp³-hybridized carbons (Fsp3) is 0.727. The molecule has 0 bridgehead atoms. The van der Waals surface area contributed by atoms with Crippen LogP contribution >= 0.6 is 16.3 Å². The van der Waals surface area contributed by atoms with Crippen LogP contribution in [0.4, 0.5) is 0 Å². The van der Waals surface area contributed by atoms with Gasteiger partial charge in [0.25, 0.3) is 0 Å². The molecular formula is C22H41IrO2P2+2. The molecule has 0 saturated heterocycles. The van der Waals surface area contributed by atoms with E-state index >= 15 is 0 Å². The molecule has 2 nitrogen and oxygen atoms in total. The standard InChI is InChI=1S/C22H39O2P2.Ir/c1-19(2,3)25(20(4,5)6)23-17-14-13-15-18(16-17)24-26(21(7,8)9)22(10,11)12;/h13-15H,1-12H3;/q-1;+1/p+2. The predicted molar refractivity (Wildman–Crippen MR) is 122 cm³/mol. The van der Waals surface area contributed by atoms with E-state index in [2.05, 4.69) is 89.2 Å². The van der Waals surface area contributed by atoms with Crippen LogP contribution in [0.1, 0.15) is 83.1 Å². The summed E-state index contributed by atoms with van der Waals surface area (Å²) >= 11 is 0. The number of hydrogen-bond acceptors (Lipinski definition) is 2. The van der Waals surface area contributed by atoms with Crippen molar-refractivity contribution in [3.8, 4) is 11.5 Å². The van der Waals surface area contributed by atoms with Gasteiger partial charge in [0.1, 0.15) is 20.6 Å². The summed E-state index contributed by atoms with van der Waals surface area (Å²) in [6, 6.07) is 9.44. The second-order valence-electron chi connectivity index (χ2n) is 11.2. The van der Waals surface area contributed by atoms with Gasteiger partial charge in [-0.1, -0.05) is 6.07 Å². The molecule has 0 aromatic heterocycles. The summed E-state index contributed by atoms with van der Waals surface area (Å²) in [4.78, 5) is 0. The van der Waals surface area contributed by atoms with Gasteiger partial charge in [-0.25, -0.2) is 0 Å². The van der Waals surface area contributed by atoms with Gasteiger partial charge >= 0.3 is 20.1 Å². The van der Waals surface area contributed by atoms with Crippen molar-refractivity contribution in [1.29, 1.82) is 0 Å². The van der Waals surface area contributed by atoms with Crippen LogP contribution in [-0.2, 0) is 20.1 Å². The van der Waals surface area contributed by atoms with Crippen molar-refractivity contribution in [3.05, 3.63) is 24.3 Å². The van der Waals surface area contributed by atoms with Crippen LogP contribution in [0.2, 0.25) is 0 Å². The van der Waals surface area contributed by atoms with E-state index in [0.717, 1.165) is 11.5 Å². The SMILES string of the molecule is CC(C)(C)[PH+](Oc1[c-]c(O[PH+](C(C)(C)C)C(C)(C)C)ccc1)C(C)(C)C.[Ir+]. The maximum atomic E-state index is 6.51. The van der Waals surface area contributed by atoms with E-state index in [1.165, 1.54) is 0 Å². The quantitative estimate of drug-likeness (QED) is 0.264. The van der Waals surface area contributed by atoms with Crippen molar-refractivity contribution < 1.29 is 29.2 Å². The Bertz CT molecular complexity index is 513. The van der Waals surface area contributed by atoms with Gasteiger partial charge in [0.2, 0.25) is 0 Å². The molecule has 0 heterocycles. The minimum Gasteiger partial charge on any atom is -0.378 e. The Morgan fingerprint density at radius 1 is 0.593 bits per heavy atom. The normalized spacial score (nSPS) is 13.6. The van der Waals surface area contributed by atoms with Gasteiger partial charge in [0, 0.05) is 0 Å². The number of rotatable bonds is 4. The van der Waals surface area contributed by atoms with Crippen molar-refractivity contribution in [2.75, 3.05) is 0 Å². The second-order valence-corrected chi connectivity index (χ2v) is 19.0. The number of benzene rings is 1. The van der Waals surface area contributed by atoms with Crippen LogP contribution < -0.4 is 9.05 Å². The van der Waals surface area contributed by atoms with Gasteiger partial charge in [-0.05, 0) is 83.1 Å². The van der Waals surface area contributed by atoms with Crippen molar-refractivity contribution in [2.45, 2.75) is 104 Å². The third kappa shape index (κ3) is 8.70. The Morgan fingerprint density at radius 3 is 1.07 bits per heavy atom. The fourth-order valence-corrected chi connectivity index (χ4v) is 10.0. The zero-order chi connectivity index (χ0) is 20.6. The summed E-state index contributed by atoms with van der Waals surface area (Å²) in [7, 11) is -2.21. The van der Waals surface area contributed by atoms with Crippen LogP contribution in [-0.4, -0.2) is 20.6 Å². The van der Waals surface area contributed by atoms with Gasteiger partial charge in [0.05, 0.1) is 11.5 Å². The number of hydrogen-bond donors (Lipinski definition) is 0. The monoisotopic (exact) mass is 592 g/mol. The molecule has 0 unspecified atom stereocenters. The second kappa shape index (κ2) is 9.43. The maximum Gasteiger partial charge on any atom is 1.00 e. The van der Waals surface area contributed by atoms with Crippen LogP contribution in [0.3, 0.4) is 0 Å². The topological polar surface area (TPSA) is 18.5 Å². The third-order valence-electron chi connectivity index (χ3n) is 3.89. The summed E-state index contributed by atoms with van der Waals surface area (Å²) in [5.41, 5.74) is 0. The molecule has 0 spiro atoms. The third-order valence-corrected chi connectivity index (χ3v) is 10.2. The van der Waals surface area contributed by atoms with E-state index in [1.807, 2.05) is 18.2 Å². The van der Waals surface area contributed by atoms with E-state index in [1.54, 1.807) is 0 Å². The fourth-order valence-electron chi connectivity index (χ4n) is 3.63. The molecule has 0 fully saturated rings. The molecule has 0 atom stereocenters. The zero-order valence-corrected chi connectivity index (χ0v) is 23.8. The van der Waals surface area contributed by atoms with Crippen LogP contribution in [0, 0.1) is 6.07 Å². The van der Waals surface area contributed by atoms with Crippen molar-refractivity contribution in [2.24, 2.45) is 0 Å². The van der Waals surface area contributed by atoms with Crippen molar-refractivity contribution in [1.82, 2.24) is 0 Å². The van der Waals surface area contributed by atoms with Crippen LogP contribution in [0.15, 0.2) is 18.2 Å². The van der Waals surface area contributed by atoms with Gasteiger partial charge in [-0.3, -0.25) is 0 Å². The summed E-state index contributed by atoms with van der Waals surface area (Å²) < 4.78 is 13.0. The van der Waals surface area contributed by atoms with Crippen molar-refractivity contribution >= 4 is 16.3 Å². The minimum absolute atomic E-state index is 0. The van der Waals surface area contributed by atoms with Crippen LogP contribution in [0.25, 0.3) is 0 Å². The van der Waals surface area contributed by atoms with Gasteiger partial charge < -0.3 is 9.05 Å².